The normalized spacial score (nSPS) is 23.7. The molecule has 1 aromatic heterocycles. The number of H-pyrrole nitrogens is 1. The van der Waals surface area contributed by atoms with E-state index >= 15 is 0 Å². The fourth-order valence-electron chi connectivity index (χ4n) is 4.29. The van der Waals surface area contributed by atoms with Crippen LogP contribution in [0.1, 0.15) is 61.8 Å². The van der Waals surface area contributed by atoms with Crippen molar-refractivity contribution < 1.29 is 4.79 Å². The predicted octanol–water partition coefficient (Wildman–Crippen LogP) is 2.74. The Hall–Kier alpha value is -1.79. The smallest absolute Gasteiger partial charge is 0.326 e. The summed E-state index contributed by atoms with van der Waals surface area (Å²) in [6.07, 6.45) is 6.54. The molecular formula is C19H27ClN4O2. The van der Waals surface area contributed by atoms with Crippen molar-refractivity contribution in [2.75, 3.05) is 6.54 Å². The number of piperidine rings is 1. The molecule has 3 N–H and O–H groups in total. The summed E-state index contributed by atoms with van der Waals surface area (Å²) < 4.78 is 1.87. The third-order valence-electron chi connectivity index (χ3n) is 5.75. The van der Waals surface area contributed by atoms with E-state index in [4.69, 9.17) is 0 Å². The van der Waals surface area contributed by atoms with Gasteiger partial charge in [-0.25, -0.2) is 4.79 Å². The van der Waals surface area contributed by atoms with Gasteiger partial charge >= 0.3 is 5.69 Å². The monoisotopic (exact) mass is 378 g/mol. The molecule has 1 aromatic carbocycles. The summed E-state index contributed by atoms with van der Waals surface area (Å²) in [6.45, 7) is 3.11. The highest BCUT2D eigenvalue weighted by Crippen LogP contribution is 2.30. The molecular weight excluding hydrogens is 352 g/mol. The highest BCUT2D eigenvalue weighted by Gasteiger charge is 2.24. The number of nitrogens with zero attached hydrogens (tertiary/aromatic N) is 1. The number of rotatable bonds is 3. The molecule has 1 aliphatic heterocycles. The Kier molecular flexibility index (Phi) is 5.73. The van der Waals surface area contributed by atoms with E-state index in [1.54, 1.807) is 6.07 Å². The fraction of sp³-hybridized carbons (Fsp3) is 0.579. The van der Waals surface area contributed by atoms with E-state index in [2.05, 4.69) is 22.5 Å². The van der Waals surface area contributed by atoms with Crippen molar-refractivity contribution in [1.82, 2.24) is 20.2 Å². The van der Waals surface area contributed by atoms with E-state index in [0.29, 0.717) is 5.56 Å². The molecule has 142 valence electrons. The van der Waals surface area contributed by atoms with Crippen LogP contribution in [0.2, 0.25) is 0 Å². The second kappa shape index (κ2) is 7.84. The van der Waals surface area contributed by atoms with Crippen LogP contribution in [0.4, 0.5) is 0 Å². The summed E-state index contributed by atoms with van der Waals surface area (Å²) in [4.78, 5) is 27.9. The Morgan fingerprint density at radius 2 is 1.96 bits per heavy atom. The number of imidazole rings is 1. The molecule has 0 radical (unpaired) electrons. The molecule has 0 spiro atoms. The zero-order valence-corrected chi connectivity index (χ0v) is 15.9. The van der Waals surface area contributed by atoms with Gasteiger partial charge in [-0.1, -0.05) is 12.8 Å². The van der Waals surface area contributed by atoms with Gasteiger partial charge in [0, 0.05) is 23.7 Å². The SMILES string of the molecule is CC1NCCCC1NC(=O)c1ccc2c(c1)[nH]c(=O)n2C1CCCC1.Cl. The van der Waals surface area contributed by atoms with Crippen molar-refractivity contribution in [3.8, 4) is 0 Å². The van der Waals surface area contributed by atoms with Crippen molar-refractivity contribution in [2.45, 2.75) is 63.6 Å². The van der Waals surface area contributed by atoms with Crippen LogP contribution in [-0.2, 0) is 0 Å². The number of carbonyl (C=O) groups is 1. The zero-order chi connectivity index (χ0) is 17.4. The maximum Gasteiger partial charge on any atom is 0.326 e. The molecule has 1 saturated heterocycles. The topological polar surface area (TPSA) is 78.9 Å². The average molecular weight is 379 g/mol. The second-order valence-electron chi connectivity index (χ2n) is 7.44. The van der Waals surface area contributed by atoms with E-state index in [9.17, 15) is 9.59 Å². The third-order valence-corrected chi connectivity index (χ3v) is 5.75. The first-order chi connectivity index (χ1) is 12.1. The summed E-state index contributed by atoms with van der Waals surface area (Å²) in [5.74, 6) is -0.0723. The Morgan fingerprint density at radius 3 is 2.69 bits per heavy atom. The number of hydrogen-bond donors (Lipinski definition) is 3. The summed E-state index contributed by atoms with van der Waals surface area (Å²) >= 11 is 0. The van der Waals surface area contributed by atoms with Crippen LogP contribution in [0.15, 0.2) is 23.0 Å². The Labute approximate surface area is 159 Å². The molecule has 1 aliphatic carbocycles. The zero-order valence-electron chi connectivity index (χ0n) is 15.1. The van der Waals surface area contributed by atoms with Crippen LogP contribution >= 0.6 is 12.4 Å². The van der Waals surface area contributed by atoms with Crippen LogP contribution in [0.3, 0.4) is 0 Å². The minimum Gasteiger partial charge on any atom is -0.348 e. The molecule has 0 bridgehead atoms. The average Bonchev–Trinajstić information content (AvgIpc) is 3.22. The van der Waals surface area contributed by atoms with Crippen LogP contribution in [0.25, 0.3) is 11.0 Å². The van der Waals surface area contributed by atoms with Crippen LogP contribution in [0, 0.1) is 0 Å². The standard InChI is InChI=1S/C19H26N4O2.ClH/c1-12-15(7-4-10-20-12)21-18(24)13-8-9-17-16(11-13)22-19(25)23(17)14-5-2-3-6-14;/h8-9,11-12,14-15,20H,2-7,10H2,1H3,(H,21,24)(H,22,25);1H. The molecule has 26 heavy (non-hydrogen) atoms. The minimum atomic E-state index is -0.0723. The predicted molar refractivity (Wildman–Crippen MR) is 105 cm³/mol. The lowest BCUT2D eigenvalue weighted by Crippen LogP contribution is -2.51. The molecule has 7 heteroatoms. The Balaban J connectivity index is 0.00000196. The van der Waals surface area contributed by atoms with Gasteiger partial charge in [0.15, 0.2) is 0 Å². The van der Waals surface area contributed by atoms with Crippen molar-refractivity contribution in [3.63, 3.8) is 0 Å². The largest absolute Gasteiger partial charge is 0.348 e. The van der Waals surface area contributed by atoms with Crippen LogP contribution in [-0.4, -0.2) is 34.1 Å². The van der Waals surface area contributed by atoms with Crippen LogP contribution in [0.5, 0.6) is 0 Å². The number of aromatic nitrogens is 2. The number of carbonyl (C=O) groups excluding carboxylic acids is 1. The van der Waals surface area contributed by atoms with Gasteiger partial charge in [-0.05, 0) is 57.4 Å². The van der Waals surface area contributed by atoms with Gasteiger partial charge < -0.3 is 15.6 Å². The number of aromatic amines is 1. The molecule has 4 rings (SSSR count). The molecule has 2 atom stereocenters. The van der Waals surface area contributed by atoms with Gasteiger partial charge in [0.1, 0.15) is 0 Å². The lowest BCUT2D eigenvalue weighted by molar-refractivity contribution is 0.0920. The second-order valence-corrected chi connectivity index (χ2v) is 7.44. The van der Waals surface area contributed by atoms with Gasteiger partial charge in [0.05, 0.1) is 11.0 Å². The summed E-state index contributed by atoms with van der Waals surface area (Å²) in [7, 11) is 0. The molecule has 2 fully saturated rings. The van der Waals surface area contributed by atoms with Crippen molar-refractivity contribution >= 4 is 29.3 Å². The van der Waals surface area contributed by atoms with E-state index in [-0.39, 0.29) is 42.1 Å². The highest BCUT2D eigenvalue weighted by atomic mass is 35.5. The first kappa shape index (κ1) is 19.0. The molecule has 2 aromatic rings. The maximum absolute atomic E-state index is 12.6. The quantitative estimate of drug-likeness (QED) is 0.768. The number of halogens is 1. The summed E-state index contributed by atoms with van der Waals surface area (Å²) in [5, 5.41) is 6.52. The molecule has 1 saturated carbocycles. The number of amides is 1. The van der Waals surface area contributed by atoms with Crippen molar-refractivity contribution in [3.05, 3.63) is 34.2 Å². The van der Waals surface area contributed by atoms with E-state index in [1.165, 1.54) is 12.8 Å². The summed E-state index contributed by atoms with van der Waals surface area (Å²) in [5.41, 5.74) is 2.19. The lowest BCUT2D eigenvalue weighted by Gasteiger charge is -2.30. The van der Waals surface area contributed by atoms with E-state index < -0.39 is 0 Å². The Morgan fingerprint density at radius 1 is 1.19 bits per heavy atom. The lowest BCUT2D eigenvalue weighted by atomic mass is 9.99. The molecule has 2 unspecified atom stereocenters. The van der Waals surface area contributed by atoms with Gasteiger partial charge in [-0.2, -0.15) is 0 Å². The van der Waals surface area contributed by atoms with Crippen LogP contribution < -0.4 is 16.3 Å². The molecule has 6 nitrogen and oxygen atoms in total. The Bertz CT molecular complexity index is 838. The third kappa shape index (κ3) is 3.53. The molecule has 2 aliphatic rings. The molecule has 1 amide bonds. The minimum absolute atomic E-state index is 0. The van der Waals surface area contributed by atoms with Crippen molar-refractivity contribution in [2.24, 2.45) is 0 Å². The number of fused-ring (bicyclic) bond motifs is 1. The maximum atomic E-state index is 12.6. The first-order valence-corrected chi connectivity index (χ1v) is 9.42. The fourth-order valence-corrected chi connectivity index (χ4v) is 4.29. The van der Waals surface area contributed by atoms with Gasteiger partial charge in [0.2, 0.25) is 0 Å². The number of nitrogens with one attached hydrogen (secondary N) is 3. The van der Waals surface area contributed by atoms with E-state index in [0.717, 1.165) is 43.3 Å². The number of hydrogen-bond acceptors (Lipinski definition) is 3. The van der Waals surface area contributed by atoms with Gasteiger partial charge in [0.25, 0.3) is 5.91 Å². The highest BCUT2D eigenvalue weighted by molar-refractivity contribution is 5.97. The van der Waals surface area contributed by atoms with Crippen molar-refractivity contribution in [1.29, 1.82) is 0 Å². The summed E-state index contributed by atoms with van der Waals surface area (Å²) in [6, 6.07) is 6.26. The molecule has 2 heterocycles. The van der Waals surface area contributed by atoms with Gasteiger partial charge in [-0.3, -0.25) is 9.36 Å². The first-order valence-electron chi connectivity index (χ1n) is 9.42. The van der Waals surface area contributed by atoms with Gasteiger partial charge in [-0.15, -0.1) is 12.4 Å². The van der Waals surface area contributed by atoms with E-state index in [1.807, 2.05) is 16.7 Å². The number of benzene rings is 1.